The molecule has 0 radical (unpaired) electrons. The first kappa shape index (κ1) is 63.4. The molecule has 0 fully saturated rings. The van der Waals surface area contributed by atoms with Crippen molar-refractivity contribution in [2.45, 2.75) is 330 Å². The average Bonchev–Trinajstić information content (AvgIpc) is 3.26. The molecule has 0 rings (SSSR count). The quantitative estimate of drug-likeness (QED) is 0.0344. The maximum absolute atomic E-state index is 12.8. The Kier molecular flexibility index (Phi) is 49.1. The normalized spacial score (nSPS) is 12.1. The van der Waals surface area contributed by atoms with Gasteiger partial charge >= 0.3 is 17.9 Å². The summed E-state index contributed by atoms with van der Waals surface area (Å²) in [6, 6.07) is 0. The van der Waals surface area contributed by atoms with Gasteiger partial charge in [0.25, 0.3) is 0 Å². The van der Waals surface area contributed by atoms with Crippen LogP contribution in [0, 0.1) is 17.8 Å². The minimum Gasteiger partial charge on any atom is -0.462 e. The third-order valence-corrected chi connectivity index (χ3v) is 13.4. The van der Waals surface area contributed by atoms with Crippen molar-refractivity contribution in [3.63, 3.8) is 0 Å². The fraction of sp³-hybridized carbons (Fsp3) is 0.949. The summed E-state index contributed by atoms with van der Waals surface area (Å²) >= 11 is 0. The number of carbonyl (C=O) groups excluding carboxylic acids is 3. The fourth-order valence-corrected chi connectivity index (χ4v) is 9.00. The molecule has 386 valence electrons. The van der Waals surface area contributed by atoms with Crippen LogP contribution in [0.4, 0.5) is 0 Å². The zero-order chi connectivity index (χ0) is 47.7. The van der Waals surface area contributed by atoms with E-state index in [9.17, 15) is 14.4 Å². The molecule has 0 bridgehead atoms. The summed E-state index contributed by atoms with van der Waals surface area (Å²) in [5.41, 5.74) is 0. The lowest BCUT2D eigenvalue weighted by atomic mass is 10.0. The number of unbranched alkanes of at least 4 members (excludes halogenated alkanes) is 35. The first-order valence-electron chi connectivity index (χ1n) is 29.1. The van der Waals surface area contributed by atoms with E-state index in [0.717, 1.165) is 75.5 Å². The Hall–Kier alpha value is -1.59. The second kappa shape index (κ2) is 50.3. The summed E-state index contributed by atoms with van der Waals surface area (Å²) < 4.78 is 16.9. The Morgan fingerprint density at radius 1 is 0.262 bits per heavy atom. The summed E-state index contributed by atoms with van der Waals surface area (Å²) in [5.74, 6) is 1.65. The summed E-state index contributed by atoms with van der Waals surface area (Å²) in [7, 11) is 0. The van der Waals surface area contributed by atoms with Crippen LogP contribution in [0.1, 0.15) is 324 Å². The topological polar surface area (TPSA) is 78.9 Å². The predicted molar refractivity (Wildman–Crippen MR) is 279 cm³/mol. The van der Waals surface area contributed by atoms with Crippen LogP contribution in [0.25, 0.3) is 0 Å². The van der Waals surface area contributed by atoms with E-state index in [4.69, 9.17) is 14.2 Å². The lowest BCUT2D eigenvalue weighted by molar-refractivity contribution is -0.167. The third-order valence-electron chi connectivity index (χ3n) is 13.4. The largest absolute Gasteiger partial charge is 0.462 e. The fourth-order valence-electron chi connectivity index (χ4n) is 9.00. The third kappa shape index (κ3) is 53.2. The van der Waals surface area contributed by atoms with E-state index in [1.54, 1.807) is 0 Å². The number of hydrogen-bond acceptors (Lipinski definition) is 6. The molecular weight excluding hydrogens is 805 g/mol. The van der Waals surface area contributed by atoms with Crippen molar-refractivity contribution in [2.24, 2.45) is 17.8 Å². The van der Waals surface area contributed by atoms with Crippen LogP contribution >= 0.6 is 0 Å². The molecule has 0 aromatic rings. The predicted octanol–water partition coefficient (Wildman–Crippen LogP) is 19.1. The molecule has 0 saturated heterocycles. The van der Waals surface area contributed by atoms with Crippen LogP contribution in [0.2, 0.25) is 0 Å². The Labute approximate surface area is 406 Å². The van der Waals surface area contributed by atoms with Crippen LogP contribution in [0.15, 0.2) is 0 Å². The molecule has 0 aliphatic heterocycles. The number of rotatable bonds is 52. The SMILES string of the molecule is CC(C)CCCCCCCCCCCCCCCCCCCCC(=O)OC[C@@H](COC(=O)CCCCCCCCCCCCC(C)C)OC(=O)CCCCCCCCCCCCC(C)C. The Morgan fingerprint density at radius 3 is 0.662 bits per heavy atom. The van der Waals surface area contributed by atoms with E-state index in [2.05, 4.69) is 41.5 Å². The van der Waals surface area contributed by atoms with E-state index in [1.165, 1.54) is 205 Å². The van der Waals surface area contributed by atoms with Crippen LogP contribution in [-0.4, -0.2) is 37.2 Å². The molecule has 0 amide bonds. The molecule has 0 aliphatic carbocycles. The highest BCUT2D eigenvalue weighted by atomic mass is 16.6. The minimum absolute atomic E-state index is 0.0638. The van der Waals surface area contributed by atoms with E-state index in [0.29, 0.717) is 19.3 Å². The zero-order valence-electron chi connectivity index (χ0n) is 44.8. The van der Waals surface area contributed by atoms with Crippen molar-refractivity contribution in [2.75, 3.05) is 13.2 Å². The summed E-state index contributed by atoms with van der Waals surface area (Å²) in [5, 5.41) is 0. The second-order valence-corrected chi connectivity index (χ2v) is 21.7. The summed E-state index contributed by atoms with van der Waals surface area (Å²) in [6.07, 6.45) is 52.5. The van der Waals surface area contributed by atoms with Crippen LogP contribution in [0.3, 0.4) is 0 Å². The van der Waals surface area contributed by atoms with E-state index in [1.807, 2.05) is 0 Å². The van der Waals surface area contributed by atoms with E-state index < -0.39 is 6.10 Å². The second-order valence-electron chi connectivity index (χ2n) is 21.7. The molecule has 0 aliphatic rings. The van der Waals surface area contributed by atoms with Crippen molar-refractivity contribution in [1.29, 1.82) is 0 Å². The number of hydrogen-bond donors (Lipinski definition) is 0. The van der Waals surface area contributed by atoms with Crippen LogP contribution < -0.4 is 0 Å². The molecule has 0 unspecified atom stereocenters. The molecule has 0 N–H and O–H groups in total. The molecule has 0 saturated carbocycles. The monoisotopic (exact) mass is 919 g/mol. The Bertz CT molecular complexity index is 1010. The highest BCUT2D eigenvalue weighted by Gasteiger charge is 2.19. The van der Waals surface area contributed by atoms with Crippen molar-refractivity contribution < 1.29 is 28.6 Å². The van der Waals surface area contributed by atoms with Gasteiger partial charge in [-0.2, -0.15) is 0 Å². The highest BCUT2D eigenvalue weighted by Crippen LogP contribution is 2.18. The van der Waals surface area contributed by atoms with Gasteiger partial charge in [0.05, 0.1) is 0 Å². The van der Waals surface area contributed by atoms with Gasteiger partial charge in [-0.05, 0) is 37.0 Å². The van der Waals surface area contributed by atoms with Gasteiger partial charge in [-0.3, -0.25) is 14.4 Å². The molecule has 0 heterocycles. The summed E-state index contributed by atoms with van der Waals surface area (Å²) in [4.78, 5) is 38.1. The van der Waals surface area contributed by atoms with Crippen LogP contribution in [-0.2, 0) is 28.6 Å². The number of ether oxygens (including phenoxy) is 3. The Balaban J connectivity index is 4.24. The average molecular weight is 920 g/mol. The van der Waals surface area contributed by atoms with Gasteiger partial charge in [0.15, 0.2) is 6.10 Å². The standard InChI is InChI=1S/C59H114O6/c1-53(2)45-39-33-27-21-15-13-11-9-7-8-10-12-14-16-24-30-36-42-48-57(60)63-51-56(65-59(62)50-44-38-32-26-20-18-23-29-35-41-47-55(5)6)52-64-58(61)49-43-37-31-25-19-17-22-28-34-40-46-54(3)4/h53-56H,7-52H2,1-6H3/t56-/m0/s1. The lowest BCUT2D eigenvalue weighted by Crippen LogP contribution is -2.30. The van der Waals surface area contributed by atoms with Crippen molar-refractivity contribution in [1.82, 2.24) is 0 Å². The van der Waals surface area contributed by atoms with Gasteiger partial charge in [-0.1, -0.05) is 286 Å². The van der Waals surface area contributed by atoms with Gasteiger partial charge in [0.1, 0.15) is 13.2 Å². The lowest BCUT2D eigenvalue weighted by Gasteiger charge is -2.18. The molecule has 65 heavy (non-hydrogen) atoms. The van der Waals surface area contributed by atoms with Crippen molar-refractivity contribution in [3.05, 3.63) is 0 Å². The highest BCUT2D eigenvalue weighted by molar-refractivity contribution is 5.71. The van der Waals surface area contributed by atoms with Gasteiger partial charge in [0.2, 0.25) is 0 Å². The maximum Gasteiger partial charge on any atom is 0.306 e. The molecule has 1 atom stereocenters. The molecule has 0 aromatic heterocycles. The maximum atomic E-state index is 12.8. The minimum atomic E-state index is -0.763. The molecular formula is C59H114O6. The van der Waals surface area contributed by atoms with Crippen molar-refractivity contribution >= 4 is 17.9 Å². The smallest absolute Gasteiger partial charge is 0.306 e. The van der Waals surface area contributed by atoms with Gasteiger partial charge < -0.3 is 14.2 Å². The number of carbonyl (C=O) groups is 3. The Morgan fingerprint density at radius 2 is 0.446 bits per heavy atom. The van der Waals surface area contributed by atoms with Gasteiger partial charge in [-0.15, -0.1) is 0 Å². The first-order valence-corrected chi connectivity index (χ1v) is 29.1. The van der Waals surface area contributed by atoms with Gasteiger partial charge in [-0.25, -0.2) is 0 Å². The molecule has 6 heteroatoms. The zero-order valence-corrected chi connectivity index (χ0v) is 44.8. The van der Waals surface area contributed by atoms with E-state index >= 15 is 0 Å². The summed E-state index contributed by atoms with van der Waals surface area (Å²) in [6.45, 7) is 13.7. The first-order chi connectivity index (χ1) is 31.6. The molecule has 0 aromatic carbocycles. The van der Waals surface area contributed by atoms with Crippen molar-refractivity contribution in [3.8, 4) is 0 Å². The molecule has 6 nitrogen and oxygen atoms in total. The van der Waals surface area contributed by atoms with Crippen LogP contribution in [0.5, 0.6) is 0 Å². The van der Waals surface area contributed by atoms with Gasteiger partial charge in [0, 0.05) is 19.3 Å². The van der Waals surface area contributed by atoms with E-state index in [-0.39, 0.29) is 31.1 Å². The number of esters is 3. The molecule has 0 spiro atoms.